The van der Waals surface area contributed by atoms with Crippen molar-refractivity contribution in [2.75, 3.05) is 0 Å². The molecule has 1 aromatic carbocycles. The standard InChI is InChI=1S/C11H12O.C3H8.C2H6/c1-8(12)9-2-4-10(5-3-9)11-6-7-11;1-3-2;1-2/h2-5,11H,6-7H2,1H3;3H2,1-2H3;1-2H3. The third-order valence-electron chi connectivity index (χ3n) is 2.37. The molecular formula is C16H26O. The molecule has 1 heteroatoms. The number of hydrogen-bond acceptors (Lipinski definition) is 1. The smallest absolute Gasteiger partial charge is 0.159 e. The molecule has 1 aliphatic rings. The van der Waals surface area contributed by atoms with Crippen molar-refractivity contribution < 1.29 is 4.79 Å². The van der Waals surface area contributed by atoms with E-state index in [0.717, 1.165) is 11.5 Å². The van der Waals surface area contributed by atoms with Crippen LogP contribution >= 0.6 is 0 Å². The number of Topliss-reactive ketones (excluding diaryl/α,β-unsaturated/α-hetero) is 1. The molecule has 0 radical (unpaired) electrons. The average molecular weight is 234 g/mol. The minimum absolute atomic E-state index is 0.150. The second kappa shape index (κ2) is 8.98. The molecule has 96 valence electrons. The van der Waals surface area contributed by atoms with Crippen molar-refractivity contribution in [3.8, 4) is 0 Å². The monoisotopic (exact) mass is 234 g/mol. The molecule has 0 heterocycles. The first-order valence-electron chi connectivity index (χ1n) is 6.79. The van der Waals surface area contributed by atoms with Crippen LogP contribution in [0.1, 0.15) is 75.7 Å². The Balaban J connectivity index is 0.000000450. The first-order chi connectivity index (χ1) is 8.19. The van der Waals surface area contributed by atoms with E-state index in [4.69, 9.17) is 0 Å². The van der Waals surface area contributed by atoms with Crippen molar-refractivity contribution in [1.82, 2.24) is 0 Å². The number of carbonyl (C=O) groups excluding carboxylic acids is 1. The molecule has 0 bridgehead atoms. The molecule has 17 heavy (non-hydrogen) atoms. The van der Waals surface area contributed by atoms with Crippen LogP contribution in [0.25, 0.3) is 0 Å². The quantitative estimate of drug-likeness (QED) is 0.642. The lowest BCUT2D eigenvalue weighted by Crippen LogP contribution is -1.91. The summed E-state index contributed by atoms with van der Waals surface area (Å²) >= 11 is 0. The van der Waals surface area contributed by atoms with Gasteiger partial charge in [0, 0.05) is 5.56 Å². The maximum Gasteiger partial charge on any atom is 0.159 e. The maximum absolute atomic E-state index is 10.9. The summed E-state index contributed by atoms with van der Waals surface area (Å²) in [6.45, 7) is 9.85. The van der Waals surface area contributed by atoms with Crippen molar-refractivity contribution >= 4 is 5.78 Å². The van der Waals surface area contributed by atoms with Crippen LogP contribution in [0.4, 0.5) is 0 Å². The van der Waals surface area contributed by atoms with Gasteiger partial charge in [-0.25, -0.2) is 0 Å². The summed E-state index contributed by atoms with van der Waals surface area (Å²) in [5, 5.41) is 0. The predicted molar refractivity (Wildman–Crippen MR) is 75.7 cm³/mol. The molecule has 2 rings (SSSR count). The van der Waals surface area contributed by atoms with Gasteiger partial charge in [-0.3, -0.25) is 4.79 Å². The Hall–Kier alpha value is -1.11. The summed E-state index contributed by atoms with van der Waals surface area (Å²) in [5.41, 5.74) is 2.21. The predicted octanol–water partition coefficient (Wildman–Crippen LogP) is 5.21. The molecule has 1 aliphatic carbocycles. The summed E-state index contributed by atoms with van der Waals surface area (Å²) in [6.07, 6.45) is 3.89. The first-order valence-corrected chi connectivity index (χ1v) is 6.79. The molecule has 0 atom stereocenters. The van der Waals surface area contributed by atoms with Crippen LogP contribution in [0.3, 0.4) is 0 Å². The average Bonchev–Trinajstić information content (AvgIpc) is 3.17. The molecule has 1 nitrogen and oxygen atoms in total. The highest BCUT2D eigenvalue weighted by Crippen LogP contribution is 2.39. The second-order valence-electron chi connectivity index (χ2n) is 4.16. The van der Waals surface area contributed by atoms with Gasteiger partial charge in [0.25, 0.3) is 0 Å². The zero-order chi connectivity index (χ0) is 13.3. The van der Waals surface area contributed by atoms with Gasteiger partial charge in [0.05, 0.1) is 0 Å². The molecule has 1 fully saturated rings. The van der Waals surface area contributed by atoms with Gasteiger partial charge in [0.15, 0.2) is 5.78 Å². The molecule has 0 spiro atoms. The lowest BCUT2D eigenvalue weighted by Gasteiger charge is -1.98. The van der Waals surface area contributed by atoms with Crippen LogP contribution in [-0.2, 0) is 0 Å². The second-order valence-corrected chi connectivity index (χ2v) is 4.16. The SMILES string of the molecule is CC.CC(=O)c1ccc(C2CC2)cc1.CCC. The molecule has 0 unspecified atom stereocenters. The largest absolute Gasteiger partial charge is 0.295 e. The van der Waals surface area contributed by atoms with E-state index in [1.54, 1.807) is 6.92 Å². The Morgan fingerprint density at radius 1 is 1.12 bits per heavy atom. The Labute approximate surface area is 106 Å². The molecule has 1 saturated carbocycles. The molecule has 0 N–H and O–H groups in total. The summed E-state index contributed by atoms with van der Waals surface area (Å²) in [6, 6.07) is 8.01. The van der Waals surface area contributed by atoms with Gasteiger partial charge >= 0.3 is 0 Å². The van der Waals surface area contributed by atoms with Gasteiger partial charge in [-0.05, 0) is 31.2 Å². The van der Waals surface area contributed by atoms with Gasteiger partial charge in [0.2, 0.25) is 0 Å². The van der Waals surface area contributed by atoms with E-state index in [-0.39, 0.29) is 5.78 Å². The van der Waals surface area contributed by atoms with Crippen molar-refractivity contribution in [2.24, 2.45) is 0 Å². The summed E-state index contributed by atoms with van der Waals surface area (Å²) in [7, 11) is 0. The van der Waals surface area contributed by atoms with E-state index in [9.17, 15) is 4.79 Å². The summed E-state index contributed by atoms with van der Waals surface area (Å²) < 4.78 is 0. The topological polar surface area (TPSA) is 17.1 Å². The normalized spacial score (nSPS) is 12.8. The van der Waals surface area contributed by atoms with Crippen LogP contribution in [-0.4, -0.2) is 5.78 Å². The van der Waals surface area contributed by atoms with E-state index < -0.39 is 0 Å². The van der Waals surface area contributed by atoms with Gasteiger partial charge in [0.1, 0.15) is 0 Å². The van der Waals surface area contributed by atoms with Crippen LogP contribution in [0.15, 0.2) is 24.3 Å². The molecule has 0 saturated heterocycles. The fraction of sp³-hybridized carbons (Fsp3) is 0.562. The summed E-state index contributed by atoms with van der Waals surface area (Å²) in [5.74, 6) is 0.934. The lowest BCUT2D eigenvalue weighted by atomic mass is 10.1. The Morgan fingerprint density at radius 3 is 1.82 bits per heavy atom. The summed E-state index contributed by atoms with van der Waals surface area (Å²) in [4.78, 5) is 10.9. The van der Waals surface area contributed by atoms with Crippen LogP contribution in [0.5, 0.6) is 0 Å². The van der Waals surface area contributed by atoms with Crippen molar-refractivity contribution in [3.05, 3.63) is 35.4 Å². The lowest BCUT2D eigenvalue weighted by molar-refractivity contribution is 0.101. The minimum Gasteiger partial charge on any atom is -0.295 e. The zero-order valence-corrected chi connectivity index (χ0v) is 11.9. The van der Waals surface area contributed by atoms with Crippen molar-refractivity contribution in [2.45, 2.75) is 59.8 Å². The van der Waals surface area contributed by atoms with Gasteiger partial charge in [-0.1, -0.05) is 58.4 Å². The van der Waals surface area contributed by atoms with E-state index in [2.05, 4.69) is 26.0 Å². The number of hydrogen-bond donors (Lipinski definition) is 0. The number of benzene rings is 1. The number of carbonyl (C=O) groups is 1. The van der Waals surface area contributed by atoms with E-state index in [1.807, 2.05) is 26.0 Å². The van der Waals surface area contributed by atoms with Crippen molar-refractivity contribution in [3.63, 3.8) is 0 Å². The highest BCUT2D eigenvalue weighted by Gasteiger charge is 2.22. The van der Waals surface area contributed by atoms with Gasteiger partial charge in [-0.2, -0.15) is 0 Å². The highest BCUT2D eigenvalue weighted by molar-refractivity contribution is 5.94. The third-order valence-corrected chi connectivity index (χ3v) is 2.37. The van der Waals surface area contributed by atoms with Crippen LogP contribution in [0.2, 0.25) is 0 Å². The molecule has 0 amide bonds. The Morgan fingerprint density at radius 2 is 1.53 bits per heavy atom. The van der Waals surface area contributed by atoms with Gasteiger partial charge < -0.3 is 0 Å². The molecule has 0 aliphatic heterocycles. The Kier molecular flexibility index (Phi) is 8.39. The minimum atomic E-state index is 0.150. The fourth-order valence-corrected chi connectivity index (χ4v) is 1.41. The van der Waals surface area contributed by atoms with Crippen LogP contribution < -0.4 is 0 Å². The highest BCUT2D eigenvalue weighted by atomic mass is 16.1. The first kappa shape index (κ1) is 15.9. The van der Waals surface area contributed by atoms with Crippen molar-refractivity contribution in [1.29, 1.82) is 0 Å². The van der Waals surface area contributed by atoms with E-state index in [0.29, 0.717) is 0 Å². The molecular weight excluding hydrogens is 208 g/mol. The molecule has 0 aromatic heterocycles. The third kappa shape index (κ3) is 6.25. The van der Waals surface area contributed by atoms with Crippen LogP contribution in [0, 0.1) is 0 Å². The fourth-order valence-electron chi connectivity index (χ4n) is 1.41. The van der Waals surface area contributed by atoms with E-state index in [1.165, 1.54) is 24.8 Å². The molecule has 1 aromatic rings. The van der Waals surface area contributed by atoms with Gasteiger partial charge in [-0.15, -0.1) is 0 Å². The number of rotatable bonds is 2. The zero-order valence-electron chi connectivity index (χ0n) is 11.9. The van der Waals surface area contributed by atoms with E-state index >= 15 is 0 Å². The Bertz CT molecular complexity index is 307. The maximum atomic E-state index is 10.9. The number of ketones is 1.